The number of hydrogen-bond acceptors (Lipinski definition) is 5. The van der Waals surface area contributed by atoms with Gasteiger partial charge in [-0.2, -0.15) is 0 Å². The fourth-order valence-electron chi connectivity index (χ4n) is 2.90. The molecule has 0 N–H and O–H groups in total. The van der Waals surface area contributed by atoms with Gasteiger partial charge in [0.05, 0.1) is 19.8 Å². The van der Waals surface area contributed by atoms with Crippen LogP contribution in [0, 0.1) is 6.92 Å². The third-order valence-corrected chi connectivity index (χ3v) is 4.96. The third kappa shape index (κ3) is 2.20. The largest absolute Gasteiger partial charge is 0.462 e. The van der Waals surface area contributed by atoms with E-state index in [0.29, 0.717) is 19.8 Å². The van der Waals surface area contributed by atoms with Crippen LogP contribution in [0.15, 0.2) is 0 Å². The van der Waals surface area contributed by atoms with E-state index >= 15 is 0 Å². The summed E-state index contributed by atoms with van der Waals surface area (Å²) in [5.41, 5.74) is 2.37. The first-order valence-electron chi connectivity index (χ1n) is 6.71. The molecule has 0 unspecified atom stereocenters. The zero-order valence-corrected chi connectivity index (χ0v) is 12.1. The molecule has 19 heavy (non-hydrogen) atoms. The van der Waals surface area contributed by atoms with Crippen molar-refractivity contribution in [2.24, 2.45) is 0 Å². The second-order valence-corrected chi connectivity index (χ2v) is 6.17. The van der Waals surface area contributed by atoms with Gasteiger partial charge in [0, 0.05) is 17.7 Å². The zero-order chi connectivity index (χ0) is 13.5. The number of esters is 1. The predicted octanol–water partition coefficient (Wildman–Crippen LogP) is 2.47. The highest BCUT2D eigenvalue weighted by Crippen LogP contribution is 2.41. The first kappa shape index (κ1) is 13.1. The Bertz CT molecular complexity index is 500. The van der Waals surface area contributed by atoms with Crippen LogP contribution >= 0.6 is 11.3 Å². The van der Waals surface area contributed by atoms with Crippen LogP contribution in [0.4, 0.5) is 0 Å². The molecule has 4 nitrogen and oxygen atoms in total. The average molecular weight is 282 g/mol. The molecule has 2 heterocycles. The molecule has 1 aromatic heterocycles. The van der Waals surface area contributed by atoms with Gasteiger partial charge in [0.2, 0.25) is 0 Å². The lowest BCUT2D eigenvalue weighted by Crippen LogP contribution is -2.37. The van der Waals surface area contributed by atoms with Crippen LogP contribution in [0.25, 0.3) is 0 Å². The first-order valence-corrected chi connectivity index (χ1v) is 7.53. The number of fused-ring (bicyclic) bond motifs is 1. The molecule has 1 fully saturated rings. The van der Waals surface area contributed by atoms with Crippen molar-refractivity contribution in [1.29, 1.82) is 0 Å². The van der Waals surface area contributed by atoms with Crippen molar-refractivity contribution in [3.8, 4) is 0 Å². The van der Waals surface area contributed by atoms with Gasteiger partial charge >= 0.3 is 5.97 Å². The van der Waals surface area contributed by atoms with Crippen LogP contribution in [-0.2, 0) is 27.1 Å². The minimum Gasteiger partial charge on any atom is -0.462 e. The molecule has 0 aromatic carbocycles. The number of aryl methyl sites for hydroxylation is 1. The number of carbonyl (C=O) groups is 1. The Morgan fingerprint density at radius 3 is 2.79 bits per heavy atom. The summed E-state index contributed by atoms with van der Waals surface area (Å²) in [4.78, 5) is 13.9. The zero-order valence-electron chi connectivity index (χ0n) is 11.3. The van der Waals surface area contributed by atoms with Crippen molar-refractivity contribution in [3.05, 3.63) is 20.9 Å². The Kier molecular flexibility index (Phi) is 3.37. The molecule has 1 aliphatic heterocycles. The summed E-state index contributed by atoms with van der Waals surface area (Å²) in [7, 11) is 0. The molecule has 2 aliphatic rings. The number of thiophene rings is 1. The maximum absolute atomic E-state index is 12.0. The smallest absolute Gasteiger partial charge is 0.348 e. The Morgan fingerprint density at radius 2 is 2.11 bits per heavy atom. The highest BCUT2D eigenvalue weighted by Gasteiger charge is 2.42. The molecule has 0 bridgehead atoms. The van der Waals surface area contributed by atoms with E-state index in [0.717, 1.165) is 29.7 Å². The minimum absolute atomic E-state index is 0.193. The molecule has 0 atom stereocenters. The summed E-state index contributed by atoms with van der Waals surface area (Å²) < 4.78 is 16.7. The highest BCUT2D eigenvalue weighted by molar-refractivity contribution is 7.14. The second kappa shape index (κ2) is 4.89. The monoisotopic (exact) mass is 282 g/mol. The van der Waals surface area contributed by atoms with Gasteiger partial charge in [0.15, 0.2) is 5.79 Å². The maximum Gasteiger partial charge on any atom is 0.348 e. The predicted molar refractivity (Wildman–Crippen MR) is 71.7 cm³/mol. The van der Waals surface area contributed by atoms with E-state index in [1.165, 1.54) is 21.8 Å². The Morgan fingerprint density at radius 1 is 1.37 bits per heavy atom. The van der Waals surface area contributed by atoms with Crippen LogP contribution in [0.5, 0.6) is 0 Å². The fourth-order valence-corrected chi connectivity index (χ4v) is 4.01. The van der Waals surface area contributed by atoms with Crippen molar-refractivity contribution < 1.29 is 19.0 Å². The molecule has 0 amide bonds. The first-order chi connectivity index (χ1) is 9.15. The molecule has 5 heteroatoms. The molecular weight excluding hydrogens is 264 g/mol. The quantitative estimate of drug-likeness (QED) is 0.782. The number of carbonyl (C=O) groups excluding carboxylic acids is 1. The summed E-state index contributed by atoms with van der Waals surface area (Å²) in [6, 6.07) is 0. The van der Waals surface area contributed by atoms with Gasteiger partial charge in [-0.15, -0.1) is 11.3 Å². The van der Waals surface area contributed by atoms with E-state index < -0.39 is 5.79 Å². The van der Waals surface area contributed by atoms with Crippen molar-refractivity contribution in [2.45, 2.75) is 38.9 Å². The Balaban J connectivity index is 1.92. The van der Waals surface area contributed by atoms with Crippen LogP contribution in [0.1, 0.15) is 39.0 Å². The molecule has 1 spiro atoms. The summed E-state index contributed by atoms with van der Waals surface area (Å²) in [5.74, 6) is -0.633. The topological polar surface area (TPSA) is 44.8 Å². The van der Waals surface area contributed by atoms with Crippen molar-refractivity contribution >= 4 is 17.3 Å². The lowest BCUT2D eigenvalue weighted by Gasteiger charge is -2.32. The molecule has 1 aliphatic carbocycles. The molecule has 104 valence electrons. The summed E-state index contributed by atoms with van der Waals surface area (Å²) in [5, 5.41) is 0. The third-order valence-electron chi connectivity index (χ3n) is 3.79. The second-order valence-electron chi connectivity index (χ2n) is 4.95. The minimum atomic E-state index is -0.440. The van der Waals surface area contributed by atoms with E-state index in [2.05, 4.69) is 6.92 Å². The SMILES string of the molecule is CCOC(=O)c1sc(C)c2c1CCC1(C2)OCCO1. The highest BCUT2D eigenvalue weighted by atomic mass is 32.1. The van der Waals surface area contributed by atoms with E-state index in [1.54, 1.807) is 0 Å². The van der Waals surface area contributed by atoms with Gasteiger partial charge in [0.1, 0.15) is 4.88 Å². The number of rotatable bonds is 2. The number of ether oxygens (including phenoxy) is 3. The van der Waals surface area contributed by atoms with Gasteiger partial charge in [-0.3, -0.25) is 0 Å². The van der Waals surface area contributed by atoms with Crippen molar-refractivity contribution in [1.82, 2.24) is 0 Å². The maximum atomic E-state index is 12.0. The van der Waals surface area contributed by atoms with Crippen LogP contribution in [-0.4, -0.2) is 31.6 Å². The molecule has 1 saturated heterocycles. The van der Waals surface area contributed by atoms with Crippen LogP contribution < -0.4 is 0 Å². The van der Waals surface area contributed by atoms with Gasteiger partial charge in [-0.1, -0.05) is 0 Å². The summed E-state index contributed by atoms with van der Waals surface area (Å²) >= 11 is 1.53. The van der Waals surface area contributed by atoms with E-state index in [1.807, 2.05) is 6.92 Å². The summed E-state index contributed by atoms with van der Waals surface area (Å²) in [6.07, 6.45) is 2.40. The standard InChI is InChI=1S/C14H18O4S/c1-3-16-13(15)12-10-4-5-14(17-6-7-18-14)8-11(10)9(2)19-12/h3-8H2,1-2H3. The average Bonchev–Trinajstić information content (AvgIpc) is 2.97. The number of hydrogen-bond donors (Lipinski definition) is 0. The molecule has 1 aromatic rings. The Hall–Kier alpha value is -0.910. The normalized spacial score (nSPS) is 20.5. The molecular formula is C14H18O4S. The molecule has 3 rings (SSSR count). The van der Waals surface area contributed by atoms with Crippen molar-refractivity contribution in [3.63, 3.8) is 0 Å². The lowest BCUT2D eigenvalue weighted by molar-refractivity contribution is -0.163. The lowest BCUT2D eigenvalue weighted by atomic mass is 9.87. The Labute approximate surface area is 116 Å². The van der Waals surface area contributed by atoms with E-state index in [4.69, 9.17) is 14.2 Å². The molecule has 0 saturated carbocycles. The summed E-state index contributed by atoms with van der Waals surface area (Å²) in [6.45, 7) is 5.65. The van der Waals surface area contributed by atoms with Gasteiger partial charge < -0.3 is 14.2 Å². The van der Waals surface area contributed by atoms with Crippen molar-refractivity contribution in [2.75, 3.05) is 19.8 Å². The van der Waals surface area contributed by atoms with Gasteiger partial charge in [-0.05, 0) is 31.4 Å². The molecule has 0 radical (unpaired) electrons. The van der Waals surface area contributed by atoms with Crippen LogP contribution in [0.2, 0.25) is 0 Å². The van der Waals surface area contributed by atoms with E-state index in [-0.39, 0.29) is 5.97 Å². The van der Waals surface area contributed by atoms with Gasteiger partial charge in [0.25, 0.3) is 0 Å². The fraction of sp³-hybridized carbons (Fsp3) is 0.643. The van der Waals surface area contributed by atoms with E-state index in [9.17, 15) is 4.79 Å². The van der Waals surface area contributed by atoms with Crippen LogP contribution in [0.3, 0.4) is 0 Å². The van der Waals surface area contributed by atoms with Gasteiger partial charge in [-0.25, -0.2) is 4.79 Å².